The molecule has 2 atom stereocenters. The van der Waals surface area contributed by atoms with Crippen LogP contribution in [0, 0.1) is 5.92 Å². The van der Waals surface area contributed by atoms with Gasteiger partial charge in [-0.3, -0.25) is 0 Å². The minimum absolute atomic E-state index is 0.755. The van der Waals surface area contributed by atoms with Gasteiger partial charge in [0, 0.05) is 32.0 Å². The van der Waals surface area contributed by atoms with Gasteiger partial charge in [-0.05, 0) is 36.8 Å². The molecule has 0 saturated heterocycles. The van der Waals surface area contributed by atoms with E-state index in [-0.39, 0.29) is 0 Å². The predicted molar refractivity (Wildman–Crippen MR) is 59.1 cm³/mol. The van der Waals surface area contributed by atoms with Gasteiger partial charge in [0.2, 0.25) is 0 Å². The molecule has 2 nitrogen and oxygen atoms in total. The van der Waals surface area contributed by atoms with Crippen molar-refractivity contribution < 1.29 is 0 Å². The van der Waals surface area contributed by atoms with E-state index in [2.05, 4.69) is 42.3 Å². The first-order valence-corrected chi connectivity index (χ1v) is 5.58. The minimum Gasteiger partial charge on any atom is -0.357 e. The maximum Gasteiger partial charge on any atom is 0.0223 e. The zero-order valence-electron chi connectivity index (χ0n) is 9.16. The fourth-order valence-electron chi connectivity index (χ4n) is 2.32. The van der Waals surface area contributed by atoms with E-state index >= 15 is 0 Å². The Bertz CT molecular complexity index is 290. The van der Waals surface area contributed by atoms with Crippen LogP contribution < -0.4 is 5.32 Å². The maximum atomic E-state index is 3.63. The molecule has 1 saturated carbocycles. The third kappa shape index (κ3) is 2.38. The van der Waals surface area contributed by atoms with E-state index in [1.165, 1.54) is 24.8 Å². The van der Waals surface area contributed by atoms with Gasteiger partial charge in [0.05, 0.1) is 0 Å². The SMILES string of the molecule is CC1CCC(NCc2ccn(C)c2)C1. The van der Waals surface area contributed by atoms with Crippen LogP contribution >= 0.6 is 0 Å². The summed E-state index contributed by atoms with van der Waals surface area (Å²) in [6, 6.07) is 2.94. The number of aromatic nitrogens is 1. The molecule has 2 unspecified atom stereocenters. The molecule has 1 aromatic rings. The van der Waals surface area contributed by atoms with Gasteiger partial charge >= 0.3 is 0 Å². The summed E-state index contributed by atoms with van der Waals surface area (Å²) in [5.74, 6) is 0.920. The van der Waals surface area contributed by atoms with Gasteiger partial charge in [0.15, 0.2) is 0 Å². The van der Waals surface area contributed by atoms with E-state index in [1.807, 2.05) is 0 Å². The first kappa shape index (κ1) is 9.78. The van der Waals surface area contributed by atoms with Crippen molar-refractivity contribution in [2.24, 2.45) is 13.0 Å². The van der Waals surface area contributed by atoms with Gasteiger partial charge in [-0.2, -0.15) is 0 Å². The summed E-state index contributed by atoms with van der Waals surface area (Å²) in [7, 11) is 2.07. The van der Waals surface area contributed by atoms with Crippen molar-refractivity contribution in [1.29, 1.82) is 0 Å². The highest BCUT2D eigenvalue weighted by Crippen LogP contribution is 2.24. The molecular formula is C12H20N2. The number of aryl methyl sites for hydroxylation is 1. The molecule has 2 rings (SSSR count). The number of nitrogens with one attached hydrogen (secondary N) is 1. The van der Waals surface area contributed by atoms with Crippen molar-refractivity contribution >= 4 is 0 Å². The molecule has 14 heavy (non-hydrogen) atoms. The Balaban J connectivity index is 1.77. The van der Waals surface area contributed by atoms with Crippen LogP contribution in [-0.4, -0.2) is 10.6 Å². The molecule has 1 aromatic heterocycles. The Morgan fingerprint density at radius 1 is 1.50 bits per heavy atom. The number of nitrogens with zero attached hydrogens (tertiary/aromatic N) is 1. The number of hydrogen-bond acceptors (Lipinski definition) is 1. The summed E-state index contributed by atoms with van der Waals surface area (Å²) in [6.07, 6.45) is 8.40. The largest absolute Gasteiger partial charge is 0.357 e. The van der Waals surface area contributed by atoms with Gasteiger partial charge in [-0.15, -0.1) is 0 Å². The summed E-state index contributed by atoms with van der Waals surface area (Å²) >= 11 is 0. The summed E-state index contributed by atoms with van der Waals surface area (Å²) in [5, 5.41) is 3.63. The van der Waals surface area contributed by atoms with Gasteiger partial charge in [0.25, 0.3) is 0 Å². The zero-order valence-corrected chi connectivity index (χ0v) is 9.16. The van der Waals surface area contributed by atoms with Gasteiger partial charge in [0.1, 0.15) is 0 Å². The number of rotatable bonds is 3. The van der Waals surface area contributed by atoms with Crippen LogP contribution in [0.25, 0.3) is 0 Å². The molecule has 0 aliphatic heterocycles. The lowest BCUT2D eigenvalue weighted by Crippen LogP contribution is -2.25. The quantitative estimate of drug-likeness (QED) is 0.777. The highest BCUT2D eigenvalue weighted by atomic mass is 14.9. The molecule has 1 N–H and O–H groups in total. The van der Waals surface area contributed by atoms with Gasteiger partial charge in [-0.1, -0.05) is 6.92 Å². The lowest BCUT2D eigenvalue weighted by atomic mass is 10.1. The van der Waals surface area contributed by atoms with Crippen LogP contribution in [0.5, 0.6) is 0 Å². The second kappa shape index (κ2) is 4.18. The third-order valence-electron chi connectivity index (χ3n) is 3.18. The number of hydrogen-bond donors (Lipinski definition) is 1. The summed E-state index contributed by atoms with van der Waals surface area (Å²) < 4.78 is 2.11. The molecule has 1 aliphatic rings. The van der Waals surface area contributed by atoms with E-state index < -0.39 is 0 Å². The minimum atomic E-state index is 0.755. The molecule has 1 fully saturated rings. The molecule has 0 radical (unpaired) electrons. The first-order valence-electron chi connectivity index (χ1n) is 5.58. The van der Waals surface area contributed by atoms with Crippen molar-refractivity contribution in [2.75, 3.05) is 0 Å². The zero-order chi connectivity index (χ0) is 9.97. The molecule has 0 aromatic carbocycles. The summed E-state index contributed by atoms with van der Waals surface area (Å²) in [6.45, 7) is 3.38. The molecular weight excluding hydrogens is 172 g/mol. The highest BCUT2D eigenvalue weighted by molar-refractivity contribution is 5.09. The molecule has 1 heterocycles. The maximum absolute atomic E-state index is 3.63. The van der Waals surface area contributed by atoms with Crippen LogP contribution in [0.2, 0.25) is 0 Å². The highest BCUT2D eigenvalue weighted by Gasteiger charge is 2.20. The lowest BCUT2D eigenvalue weighted by Gasteiger charge is -2.11. The normalized spacial score (nSPS) is 27.0. The summed E-state index contributed by atoms with van der Waals surface area (Å²) in [5.41, 5.74) is 1.40. The van der Waals surface area contributed by atoms with Crippen molar-refractivity contribution in [3.8, 4) is 0 Å². The Morgan fingerprint density at radius 3 is 2.93 bits per heavy atom. The second-order valence-electron chi connectivity index (χ2n) is 4.68. The Labute approximate surface area is 86.3 Å². The first-order chi connectivity index (χ1) is 6.74. The Kier molecular flexibility index (Phi) is 2.92. The van der Waals surface area contributed by atoms with E-state index in [1.54, 1.807) is 0 Å². The topological polar surface area (TPSA) is 17.0 Å². The van der Waals surface area contributed by atoms with Crippen LogP contribution in [0.1, 0.15) is 31.7 Å². The summed E-state index contributed by atoms with van der Waals surface area (Å²) in [4.78, 5) is 0. The van der Waals surface area contributed by atoms with Crippen LogP contribution in [-0.2, 0) is 13.6 Å². The van der Waals surface area contributed by atoms with Gasteiger partial charge < -0.3 is 9.88 Å². The molecule has 1 aliphatic carbocycles. The fourth-order valence-corrected chi connectivity index (χ4v) is 2.32. The molecule has 78 valence electrons. The fraction of sp³-hybridized carbons (Fsp3) is 0.667. The Morgan fingerprint density at radius 2 is 2.36 bits per heavy atom. The lowest BCUT2D eigenvalue weighted by molar-refractivity contribution is 0.502. The van der Waals surface area contributed by atoms with E-state index in [0.29, 0.717) is 0 Å². The standard InChI is InChI=1S/C12H20N2/c1-10-3-4-12(7-10)13-8-11-5-6-14(2)9-11/h5-6,9-10,12-13H,3-4,7-8H2,1-2H3. The van der Waals surface area contributed by atoms with E-state index in [4.69, 9.17) is 0 Å². The second-order valence-corrected chi connectivity index (χ2v) is 4.68. The average Bonchev–Trinajstić information content (AvgIpc) is 2.72. The van der Waals surface area contributed by atoms with Crippen LogP contribution in [0.4, 0.5) is 0 Å². The van der Waals surface area contributed by atoms with Gasteiger partial charge in [-0.25, -0.2) is 0 Å². The Hall–Kier alpha value is -0.760. The molecule has 0 bridgehead atoms. The predicted octanol–water partition coefficient (Wildman–Crippen LogP) is 2.30. The smallest absolute Gasteiger partial charge is 0.0223 e. The van der Waals surface area contributed by atoms with E-state index in [9.17, 15) is 0 Å². The van der Waals surface area contributed by atoms with Crippen LogP contribution in [0.15, 0.2) is 18.5 Å². The molecule has 2 heteroatoms. The van der Waals surface area contributed by atoms with Crippen molar-refractivity contribution in [1.82, 2.24) is 9.88 Å². The monoisotopic (exact) mass is 192 g/mol. The molecule has 0 amide bonds. The molecule has 0 spiro atoms. The average molecular weight is 192 g/mol. The van der Waals surface area contributed by atoms with Crippen molar-refractivity contribution in [2.45, 2.75) is 38.8 Å². The van der Waals surface area contributed by atoms with Crippen LogP contribution in [0.3, 0.4) is 0 Å². The van der Waals surface area contributed by atoms with Crippen molar-refractivity contribution in [3.63, 3.8) is 0 Å². The van der Waals surface area contributed by atoms with Crippen molar-refractivity contribution in [3.05, 3.63) is 24.0 Å². The third-order valence-corrected chi connectivity index (χ3v) is 3.18. The van der Waals surface area contributed by atoms with E-state index in [0.717, 1.165) is 18.5 Å².